The Morgan fingerprint density at radius 2 is 1.92 bits per heavy atom. The van der Waals surface area contributed by atoms with Crippen molar-refractivity contribution in [3.05, 3.63) is 24.3 Å². The lowest BCUT2D eigenvalue weighted by atomic mass is 10.2. The third-order valence-electron chi connectivity index (χ3n) is 5.13. The van der Waals surface area contributed by atoms with Gasteiger partial charge in [-0.25, -0.2) is 0 Å². The van der Waals surface area contributed by atoms with E-state index in [-0.39, 0.29) is 0 Å². The number of nitrogens with zero attached hydrogens (tertiary/aromatic N) is 3. The molecule has 1 aliphatic carbocycles. The maximum Gasteiger partial charge on any atom is 0.193 e. The second-order valence-electron chi connectivity index (χ2n) is 6.75. The monoisotopic (exact) mass is 330 g/mol. The number of aliphatic imine (C=N–C) groups is 1. The fraction of sp³-hybridized carbons (Fsp3) is 0.632. The first-order chi connectivity index (χ1) is 11.7. The lowest BCUT2D eigenvalue weighted by Gasteiger charge is -2.37. The summed E-state index contributed by atoms with van der Waals surface area (Å²) in [5.41, 5.74) is 1.27. The standard InChI is InChI=1S/C19H30N4O/c1-4-5-15-14-18(15)21-19(20-2)23-12-10-22(11-13-23)16-6-8-17(24-3)9-7-16/h6-9,15,18H,4-5,10-14H2,1-3H3,(H,20,21). The summed E-state index contributed by atoms with van der Waals surface area (Å²) in [5.74, 6) is 2.84. The summed E-state index contributed by atoms with van der Waals surface area (Å²) >= 11 is 0. The Labute approximate surface area is 145 Å². The van der Waals surface area contributed by atoms with E-state index in [9.17, 15) is 0 Å². The molecular formula is C19H30N4O. The van der Waals surface area contributed by atoms with Crippen molar-refractivity contribution in [2.45, 2.75) is 32.2 Å². The van der Waals surface area contributed by atoms with Crippen LogP contribution in [0.4, 0.5) is 5.69 Å². The van der Waals surface area contributed by atoms with Crippen LogP contribution in [-0.4, -0.2) is 57.2 Å². The van der Waals surface area contributed by atoms with Gasteiger partial charge in [-0.15, -0.1) is 0 Å². The van der Waals surface area contributed by atoms with Crippen LogP contribution < -0.4 is 15.0 Å². The number of anilines is 1. The average molecular weight is 330 g/mol. The summed E-state index contributed by atoms with van der Waals surface area (Å²) in [4.78, 5) is 9.32. The molecule has 0 amide bonds. The summed E-state index contributed by atoms with van der Waals surface area (Å²) in [6, 6.07) is 8.98. The lowest BCUT2D eigenvalue weighted by molar-refractivity contribution is 0.371. The van der Waals surface area contributed by atoms with Gasteiger partial charge in [0.25, 0.3) is 0 Å². The Morgan fingerprint density at radius 1 is 1.21 bits per heavy atom. The minimum absolute atomic E-state index is 0.642. The average Bonchev–Trinajstić information content (AvgIpc) is 3.38. The van der Waals surface area contributed by atoms with Crippen LogP contribution in [0.2, 0.25) is 0 Å². The molecule has 0 bridgehead atoms. The zero-order valence-electron chi connectivity index (χ0n) is 15.2. The topological polar surface area (TPSA) is 40.1 Å². The van der Waals surface area contributed by atoms with Gasteiger partial charge in [-0.05, 0) is 43.0 Å². The van der Waals surface area contributed by atoms with Gasteiger partial charge in [0.1, 0.15) is 5.75 Å². The second kappa shape index (κ2) is 7.77. The fourth-order valence-corrected chi connectivity index (χ4v) is 3.55. The predicted octanol–water partition coefficient (Wildman–Crippen LogP) is 2.58. The van der Waals surface area contributed by atoms with Crippen LogP contribution in [0.3, 0.4) is 0 Å². The van der Waals surface area contributed by atoms with E-state index in [4.69, 9.17) is 4.74 Å². The van der Waals surface area contributed by atoms with Gasteiger partial charge in [-0.3, -0.25) is 4.99 Å². The molecular weight excluding hydrogens is 300 g/mol. The molecule has 132 valence electrons. The zero-order chi connectivity index (χ0) is 16.9. The van der Waals surface area contributed by atoms with E-state index >= 15 is 0 Å². The van der Waals surface area contributed by atoms with E-state index in [0.717, 1.165) is 43.8 Å². The summed E-state index contributed by atoms with van der Waals surface area (Å²) in [7, 11) is 3.60. The van der Waals surface area contributed by atoms with Crippen LogP contribution in [0.5, 0.6) is 5.75 Å². The van der Waals surface area contributed by atoms with E-state index in [0.29, 0.717) is 6.04 Å². The maximum absolute atomic E-state index is 5.24. The third-order valence-corrected chi connectivity index (χ3v) is 5.13. The first kappa shape index (κ1) is 16.9. The van der Waals surface area contributed by atoms with Crippen molar-refractivity contribution in [1.29, 1.82) is 0 Å². The highest BCUT2D eigenvalue weighted by atomic mass is 16.5. The SMILES string of the molecule is CCCC1CC1NC(=NC)N1CCN(c2ccc(OC)cc2)CC1. The van der Waals surface area contributed by atoms with E-state index in [1.54, 1.807) is 7.11 Å². The van der Waals surface area contributed by atoms with Crippen molar-refractivity contribution in [1.82, 2.24) is 10.2 Å². The normalized spacial score (nSPS) is 24.0. The number of benzene rings is 1. The first-order valence-corrected chi connectivity index (χ1v) is 9.12. The largest absolute Gasteiger partial charge is 0.497 e. The van der Waals surface area contributed by atoms with E-state index in [1.165, 1.54) is 24.9 Å². The van der Waals surface area contributed by atoms with Gasteiger partial charge in [0, 0.05) is 45.0 Å². The van der Waals surface area contributed by atoms with Crippen molar-refractivity contribution in [3.63, 3.8) is 0 Å². The molecule has 1 N–H and O–H groups in total. The molecule has 1 heterocycles. The molecule has 5 heteroatoms. The molecule has 1 aliphatic heterocycles. The number of guanidine groups is 1. The molecule has 1 saturated carbocycles. The summed E-state index contributed by atoms with van der Waals surface area (Å²) < 4.78 is 5.24. The highest BCUT2D eigenvalue weighted by Crippen LogP contribution is 2.34. The number of hydrogen-bond donors (Lipinski definition) is 1. The Kier molecular flexibility index (Phi) is 5.48. The summed E-state index contributed by atoms with van der Waals surface area (Å²) in [5, 5.41) is 3.66. The predicted molar refractivity (Wildman–Crippen MR) is 100 cm³/mol. The van der Waals surface area contributed by atoms with Gasteiger partial charge < -0.3 is 19.9 Å². The molecule has 1 aromatic carbocycles. The van der Waals surface area contributed by atoms with Crippen molar-refractivity contribution in [2.75, 3.05) is 45.2 Å². The van der Waals surface area contributed by atoms with Crippen LogP contribution >= 0.6 is 0 Å². The Bertz CT molecular complexity index is 549. The minimum Gasteiger partial charge on any atom is -0.497 e. The quantitative estimate of drug-likeness (QED) is 0.665. The molecule has 24 heavy (non-hydrogen) atoms. The molecule has 2 aliphatic rings. The van der Waals surface area contributed by atoms with Crippen molar-refractivity contribution < 1.29 is 4.74 Å². The highest BCUT2D eigenvalue weighted by molar-refractivity contribution is 5.81. The van der Waals surface area contributed by atoms with Gasteiger partial charge in [0.05, 0.1) is 7.11 Å². The van der Waals surface area contributed by atoms with Gasteiger partial charge in [0.15, 0.2) is 5.96 Å². The van der Waals surface area contributed by atoms with Crippen molar-refractivity contribution >= 4 is 11.6 Å². The number of methoxy groups -OCH3 is 1. The first-order valence-electron chi connectivity index (χ1n) is 9.12. The highest BCUT2D eigenvalue weighted by Gasteiger charge is 2.37. The Hall–Kier alpha value is -1.91. The molecule has 3 rings (SSSR count). The smallest absolute Gasteiger partial charge is 0.193 e. The molecule has 2 atom stereocenters. The molecule has 0 spiro atoms. The molecule has 2 unspecified atom stereocenters. The second-order valence-corrected chi connectivity index (χ2v) is 6.75. The van der Waals surface area contributed by atoms with Crippen LogP contribution in [0.1, 0.15) is 26.2 Å². The maximum atomic E-state index is 5.24. The van der Waals surface area contributed by atoms with E-state index < -0.39 is 0 Å². The van der Waals surface area contributed by atoms with Gasteiger partial charge in [-0.1, -0.05) is 13.3 Å². The molecule has 1 aromatic rings. The van der Waals surface area contributed by atoms with Gasteiger partial charge >= 0.3 is 0 Å². The fourth-order valence-electron chi connectivity index (χ4n) is 3.55. The number of piperazine rings is 1. The molecule has 1 saturated heterocycles. The minimum atomic E-state index is 0.642. The number of nitrogens with one attached hydrogen (secondary N) is 1. The number of ether oxygens (including phenoxy) is 1. The summed E-state index contributed by atoms with van der Waals surface area (Å²) in [6.45, 7) is 6.34. The van der Waals surface area contributed by atoms with Crippen LogP contribution in [0.25, 0.3) is 0 Å². The Morgan fingerprint density at radius 3 is 2.50 bits per heavy atom. The lowest BCUT2D eigenvalue weighted by Crippen LogP contribution is -2.53. The molecule has 0 aromatic heterocycles. The van der Waals surface area contributed by atoms with E-state index in [2.05, 4.69) is 39.2 Å². The molecule has 2 fully saturated rings. The van der Waals surface area contributed by atoms with Crippen LogP contribution in [-0.2, 0) is 0 Å². The summed E-state index contributed by atoms with van der Waals surface area (Å²) in [6.07, 6.45) is 3.92. The number of rotatable bonds is 5. The third kappa shape index (κ3) is 3.94. The van der Waals surface area contributed by atoms with Gasteiger partial charge in [-0.2, -0.15) is 0 Å². The van der Waals surface area contributed by atoms with Crippen LogP contribution in [0, 0.1) is 5.92 Å². The van der Waals surface area contributed by atoms with Crippen molar-refractivity contribution in [3.8, 4) is 5.75 Å². The molecule has 5 nitrogen and oxygen atoms in total. The molecule has 0 radical (unpaired) electrons. The number of hydrogen-bond acceptors (Lipinski definition) is 3. The van der Waals surface area contributed by atoms with Crippen molar-refractivity contribution in [2.24, 2.45) is 10.9 Å². The van der Waals surface area contributed by atoms with E-state index in [1.807, 2.05) is 19.2 Å². The Balaban J connectivity index is 1.50. The van der Waals surface area contributed by atoms with Gasteiger partial charge in [0.2, 0.25) is 0 Å². The van der Waals surface area contributed by atoms with Crippen LogP contribution in [0.15, 0.2) is 29.3 Å². The zero-order valence-corrected chi connectivity index (χ0v) is 15.2.